The molecule has 0 aromatic heterocycles. The predicted octanol–water partition coefficient (Wildman–Crippen LogP) is 1.22. The minimum Gasteiger partial charge on any atom is -0.463 e. The molecule has 0 saturated carbocycles. The van der Waals surface area contributed by atoms with E-state index in [9.17, 15) is 18.0 Å². The van der Waals surface area contributed by atoms with Gasteiger partial charge in [0.2, 0.25) is 0 Å². The van der Waals surface area contributed by atoms with Crippen LogP contribution in [0.5, 0.6) is 0 Å². The highest BCUT2D eigenvalue weighted by Crippen LogP contribution is 2.22. The Kier molecular flexibility index (Phi) is 4.30. The van der Waals surface area contributed by atoms with Crippen LogP contribution in [0.2, 0.25) is 0 Å². The summed E-state index contributed by atoms with van der Waals surface area (Å²) in [5.41, 5.74) is -1.12. The standard InChI is InChI=1S/C7H10F3NO2/c1-3-13-6(12)4-5(11-2)7(8,9)10/h4,11H,3H2,1-2H3/b5-4-. The third kappa shape index (κ3) is 4.39. The van der Waals surface area contributed by atoms with Crippen LogP contribution < -0.4 is 5.32 Å². The molecule has 0 aromatic carbocycles. The monoisotopic (exact) mass is 197 g/mol. The molecule has 0 aliphatic rings. The summed E-state index contributed by atoms with van der Waals surface area (Å²) in [6.45, 7) is 1.56. The Morgan fingerprint density at radius 3 is 2.38 bits per heavy atom. The molecule has 0 amide bonds. The maximum Gasteiger partial charge on any atom is 0.431 e. The van der Waals surface area contributed by atoms with Gasteiger partial charge in [-0.3, -0.25) is 0 Å². The number of ether oxygens (including phenoxy) is 1. The predicted molar refractivity (Wildman–Crippen MR) is 39.8 cm³/mol. The molecule has 0 rings (SSSR count). The zero-order chi connectivity index (χ0) is 10.5. The fraction of sp³-hybridized carbons (Fsp3) is 0.571. The lowest BCUT2D eigenvalue weighted by molar-refractivity contribution is -0.138. The molecule has 6 heteroatoms. The van der Waals surface area contributed by atoms with Crippen LogP contribution in [0.15, 0.2) is 11.8 Å². The van der Waals surface area contributed by atoms with E-state index in [1.54, 1.807) is 0 Å². The van der Waals surface area contributed by atoms with Crippen molar-refractivity contribution in [2.75, 3.05) is 13.7 Å². The van der Waals surface area contributed by atoms with Crippen molar-refractivity contribution in [3.8, 4) is 0 Å². The molecular weight excluding hydrogens is 187 g/mol. The van der Waals surface area contributed by atoms with Crippen LogP contribution in [-0.4, -0.2) is 25.8 Å². The number of halogens is 3. The van der Waals surface area contributed by atoms with Crippen molar-refractivity contribution >= 4 is 5.97 Å². The van der Waals surface area contributed by atoms with Gasteiger partial charge in [-0.2, -0.15) is 13.2 Å². The molecule has 1 N–H and O–H groups in total. The van der Waals surface area contributed by atoms with Gasteiger partial charge in [0.25, 0.3) is 0 Å². The van der Waals surface area contributed by atoms with Crippen molar-refractivity contribution in [1.29, 1.82) is 0 Å². The normalized spacial score (nSPS) is 12.5. The molecular formula is C7H10F3NO2. The van der Waals surface area contributed by atoms with E-state index in [2.05, 4.69) is 4.74 Å². The molecule has 13 heavy (non-hydrogen) atoms. The summed E-state index contributed by atoms with van der Waals surface area (Å²) >= 11 is 0. The Bertz CT molecular complexity index is 210. The molecule has 0 saturated heterocycles. The summed E-state index contributed by atoms with van der Waals surface area (Å²) in [4.78, 5) is 10.6. The van der Waals surface area contributed by atoms with Gasteiger partial charge in [0.05, 0.1) is 12.7 Å². The highest BCUT2D eigenvalue weighted by Gasteiger charge is 2.33. The third-order valence-corrected chi connectivity index (χ3v) is 1.12. The van der Waals surface area contributed by atoms with Gasteiger partial charge in [-0.15, -0.1) is 0 Å². The van der Waals surface area contributed by atoms with Crippen LogP contribution >= 0.6 is 0 Å². The first kappa shape index (κ1) is 11.8. The van der Waals surface area contributed by atoms with Gasteiger partial charge in [0.1, 0.15) is 5.70 Å². The lowest BCUT2D eigenvalue weighted by Crippen LogP contribution is -2.24. The van der Waals surface area contributed by atoms with E-state index in [1.807, 2.05) is 5.32 Å². The molecule has 0 bridgehead atoms. The molecule has 0 aliphatic carbocycles. The Morgan fingerprint density at radius 1 is 1.54 bits per heavy atom. The van der Waals surface area contributed by atoms with E-state index in [0.717, 1.165) is 7.05 Å². The van der Waals surface area contributed by atoms with Gasteiger partial charge in [-0.05, 0) is 6.92 Å². The molecule has 0 aromatic rings. The van der Waals surface area contributed by atoms with E-state index in [1.165, 1.54) is 6.92 Å². The fourth-order valence-corrected chi connectivity index (χ4v) is 0.598. The summed E-state index contributed by atoms with van der Waals surface area (Å²) in [6, 6.07) is 0. The second-order valence-corrected chi connectivity index (χ2v) is 2.06. The minimum atomic E-state index is -4.55. The van der Waals surface area contributed by atoms with Crippen LogP contribution in [0.4, 0.5) is 13.2 Å². The average Bonchev–Trinajstić information content (AvgIpc) is 1.98. The van der Waals surface area contributed by atoms with E-state index in [-0.39, 0.29) is 6.61 Å². The molecule has 0 fully saturated rings. The van der Waals surface area contributed by atoms with E-state index in [4.69, 9.17) is 0 Å². The minimum absolute atomic E-state index is 0.0458. The molecule has 0 aliphatic heterocycles. The van der Waals surface area contributed by atoms with Crippen molar-refractivity contribution in [3.63, 3.8) is 0 Å². The smallest absolute Gasteiger partial charge is 0.431 e. The Balaban J connectivity index is 4.48. The van der Waals surface area contributed by atoms with Gasteiger partial charge in [-0.25, -0.2) is 4.79 Å². The highest BCUT2D eigenvalue weighted by molar-refractivity contribution is 5.82. The number of nitrogens with one attached hydrogen (secondary N) is 1. The van der Waals surface area contributed by atoms with Crippen LogP contribution in [0, 0.1) is 0 Å². The maximum atomic E-state index is 12.0. The summed E-state index contributed by atoms with van der Waals surface area (Å²) in [6.07, 6.45) is -4.18. The van der Waals surface area contributed by atoms with Gasteiger partial charge in [0.15, 0.2) is 0 Å². The number of hydrogen-bond acceptors (Lipinski definition) is 3. The summed E-state index contributed by atoms with van der Waals surface area (Å²) in [5, 5.41) is 1.87. The lowest BCUT2D eigenvalue weighted by Gasteiger charge is -2.09. The zero-order valence-electron chi connectivity index (χ0n) is 7.23. The SMILES string of the molecule is CCOC(=O)/C=C(\NC)C(F)(F)F. The van der Waals surface area contributed by atoms with Crippen LogP contribution in [0.1, 0.15) is 6.92 Å². The molecule has 0 unspecified atom stereocenters. The van der Waals surface area contributed by atoms with E-state index in [0.29, 0.717) is 6.08 Å². The lowest BCUT2D eigenvalue weighted by atomic mass is 10.4. The molecule has 0 heterocycles. The number of rotatable bonds is 3. The largest absolute Gasteiger partial charge is 0.463 e. The number of hydrogen-bond donors (Lipinski definition) is 1. The maximum absolute atomic E-state index is 12.0. The molecule has 0 atom stereocenters. The van der Waals surface area contributed by atoms with E-state index >= 15 is 0 Å². The first-order chi connectivity index (χ1) is 5.91. The first-order valence-electron chi connectivity index (χ1n) is 3.55. The first-order valence-corrected chi connectivity index (χ1v) is 3.55. The second kappa shape index (κ2) is 4.74. The zero-order valence-corrected chi connectivity index (χ0v) is 7.23. The van der Waals surface area contributed by atoms with Crippen LogP contribution in [-0.2, 0) is 9.53 Å². The van der Waals surface area contributed by atoms with Gasteiger partial charge < -0.3 is 10.1 Å². The van der Waals surface area contributed by atoms with Crippen molar-refractivity contribution in [2.45, 2.75) is 13.1 Å². The number of carbonyl (C=O) groups is 1. The van der Waals surface area contributed by atoms with Crippen molar-refractivity contribution in [2.24, 2.45) is 0 Å². The molecule has 3 nitrogen and oxygen atoms in total. The summed E-state index contributed by atoms with van der Waals surface area (Å²) < 4.78 is 40.3. The van der Waals surface area contributed by atoms with Crippen molar-refractivity contribution < 1.29 is 22.7 Å². The quantitative estimate of drug-likeness (QED) is 0.546. The number of allylic oxidation sites excluding steroid dienone is 1. The molecule has 76 valence electrons. The average molecular weight is 197 g/mol. The summed E-state index contributed by atoms with van der Waals surface area (Å²) in [7, 11) is 1.08. The second-order valence-electron chi connectivity index (χ2n) is 2.06. The highest BCUT2D eigenvalue weighted by atomic mass is 19.4. The third-order valence-electron chi connectivity index (χ3n) is 1.12. The topological polar surface area (TPSA) is 38.3 Å². The summed E-state index contributed by atoms with van der Waals surface area (Å²) in [5.74, 6) is -1.01. The van der Waals surface area contributed by atoms with Crippen LogP contribution in [0.25, 0.3) is 0 Å². The number of alkyl halides is 3. The van der Waals surface area contributed by atoms with Gasteiger partial charge >= 0.3 is 12.1 Å². The van der Waals surface area contributed by atoms with Crippen molar-refractivity contribution in [1.82, 2.24) is 5.32 Å². The Morgan fingerprint density at radius 2 is 2.08 bits per heavy atom. The van der Waals surface area contributed by atoms with Gasteiger partial charge in [-0.1, -0.05) is 0 Å². The van der Waals surface area contributed by atoms with Crippen LogP contribution in [0.3, 0.4) is 0 Å². The fourth-order valence-electron chi connectivity index (χ4n) is 0.598. The molecule has 0 radical (unpaired) electrons. The van der Waals surface area contributed by atoms with Gasteiger partial charge in [0, 0.05) is 7.05 Å². The number of carbonyl (C=O) groups excluding carboxylic acids is 1. The Labute approximate surface area is 73.6 Å². The van der Waals surface area contributed by atoms with E-state index < -0.39 is 17.8 Å². The number of esters is 1. The van der Waals surface area contributed by atoms with Crippen molar-refractivity contribution in [3.05, 3.63) is 11.8 Å². The molecule has 0 spiro atoms. The Hall–Kier alpha value is -1.20.